The quantitative estimate of drug-likeness (QED) is 0.716. The molecule has 2 heteroatoms. The standard InChI is InChI=1S/C12H22N2/c1-14-6-5-10(8-14)13-12-4-2-3-9-7-11(9)12/h9-13H,2-8H2,1H3. The van der Waals surface area contributed by atoms with Gasteiger partial charge in [-0.1, -0.05) is 12.8 Å². The van der Waals surface area contributed by atoms with Crippen LogP contribution in [0.5, 0.6) is 0 Å². The fourth-order valence-electron chi connectivity index (χ4n) is 3.49. The average Bonchev–Trinajstić information content (AvgIpc) is 2.86. The Morgan fingerprint density at radius 2 is 2.14 bits per heavy atom. The average molecular weight is 194 g/mol. The molecule has 2 nitrogen and oxygen atoms in total. The molecule has 0 bridgehead atoms. The van der Waals surface area contributed by atoms with E-state index in [-0.39, 0.29) is 0 Å². The third-order valence-electron chi connectivity index (χ3n) is 4.43. The van der Waals surface area contributed by atoms with Gasteiger partial charge < -0.3 is 10.2 Å². The molecule has 3 fully saturated rings. The first kappa shape index (κ1) is 9.17. The van der Waals surface area contributed by atoms with Crippen molar-refractivity contribution in [2.45, 2.75) is 44.2 Å². The van der Waals surface area contributed by atoms with Gasteiger partial charge in [0.2, 0.25) is 0 Å². The van der Waals surface area contributed by atoms with Crippen LogP contribution in [0.3, 0.4) is 0 Å². The second-order valence-corrected chi connectivity index (χ2v) is 5.61. The summed E-state index contributed by atoms with van der Waals surface area (Å²) in [5.74, 6) is 2.18. The van der Waals surface area contributed by atoms with Crippen LogP contribution in [0.1, 0.15) is 32.1 Å². The predicted molar refractivity (Wildman–Crippen MR) is 58.3 cm³/mol. The maximum Gasteiger partial charge on any atom is 0.0209 e. The number of rotatable bonds is 2. The lowest BCUT2D eigenvalue weighted by atomic mass is 9.95. The highest BCUT2D eigenvalue weighted by atomic mass is 15.2. The molecular weight excluding hydrogens is 172 g/mol. The molecule has 0 aromatic carbocycles. The van der Waals surface area contributed by atoms with Gasteiger partial charge in [-0.3, -0.25) is 0 Å². The van der Waals surface area contributed by atoms with Gasteiger partial charge in [0.15, 0.2) is 0 Å². The van der Waals surface area contributed by atoms with Crippen LogP contribution < -0.4 is 5.32 Å². The van der Waals surface area contributed by atoms with Crippen LogP contribution in [0.4, 0.5) is 0 Å². The molecule has 0 aromatic rings. The van der Waals surface area contributed by atoms with E-state index in [1.165, 1.54) is 45.2 Å². The van der Waals surface area contributed by atoms with E-state index in [1.54, 1.807) is 0 Å². The fraction of sp³-hybridized carbons (Fsp3) is 1.00. The van der Waals surface area contributed by atoms with Gasteiger partial charge in [-0.05, 0) is 44.7 Å². The Kier molecular flexibility index (Phi) is 2.29. The van der Waals surface area contributed by atoms with E-state index in [4.69, 9.17) is 0 Å². The summed E-state index contributed by atoms with van der Waals surface area (Å²) in [6.45, 7) is 2.56. The Balaban J connectivity index is 1.52. The highest BCUT2D eigenvalue weighted by Gasteiger charge is 2.45. The summed E-state index contributed by atoms with van der Waals surface area (Å²) in [5.41, 5.74) is 0. The van der Waals surface area contributed by atoms with Crippen molar-refractivity contribution in [1.82, 2.24) is 10.2 Å². The molecule has 2 saturated carbocycles. The normalized spacial score (nSPS) is 47.8. The van der Waals surface area contributed by atoms with Crippen molar-refractivity contribution < 1.29 is 0 Å². The lowest BCUT2D eigenvalue weighted by Crippen LogP contribution is -2.42. The molecule has 1 heterocycles. The number of hydrogen-bond acceptors (Lipinski definition) is 2. The Labute approximate surface area is 87.0 Å². The first-order chi connectivity index (χ1) is 6.83. The molecule has 14 heavy (non-hydrogen) atoms. The Morgan fingerprint density at radius 3 is 2.93 bits per heavy atom. The van der Waals surface area contributed by atoms with Crippen molar-refractivity contribution >= 4 is 0 Å². The second-order valence-electron chi connectivity index (χ2n) is 5.61. The first-order valence-electron chi connectivity index (χ1n) is 6.27. The van der Waals surface area contributed by atoms with Crippen LogP contribution in [0.2, 0.25) is 0 Å². The van der Waals surface area contributed by atoms with Gasteiger partial charge >= 0.3 is 0 Å². The number of nitrogens with zero attached hydrogens (tertiary/aromatic N) is 1. The van der Waals surface area contributed by atoms with Crippen molar-refractivity contribution in [2.24, 2.45) is 11.8 Å². The minimum absolute atomic E-state index is 0.796. The van der Waals surface area contributed by atoms with Crippen LogP contribution in [0.25, 0.3) is 0 Å². The lowest BCUT2D eigenvalue weighted by molar-refractivity contribution is 0.313. The largest absolute Gasteiger partial charge is 0.310 e. The summed E-state index contributed by atoms with van der Waals surface area (Å²) in [6.07, 6.45) is 7.33. The molecule has 0 spiro atoms. The van der Waals surface area contributed by atoms with E-state index in [0.29, 0.717) is 0 Å². The molecule has 0 radical (unpaired) electrons. The molecule has 1 N–H and O–H groups in total. The number of nitrogens with one attached hydrogen (secondary N) is 1. The van der Waals surface area contributed by atoms with Gasteiger partial charge in [0.25, 0.3) is 0 Å². The zero-order valence-corrected chi connectivity index (χ0v) is 9.21. The maximum absolute atomic E-state index is 3.90. The molecule has 1 saturated heterocycles. The molecule has 3 aliphatic rings. The third kappa shape index (κ3) is 1.70. The zero-order valence-electron chi connectivity index (χ0n) is 9.21. The number of likely N-dealkylation sites (tertiary alicyclic amines) is 1. The number of likely N-dealkylation sites (N-methyl/N-ethyl adjacent to an activating group) is 1. The van der Waals surface area contributed by atoms with E-state index in [9.17, 15) is 0 Å². The molecule has 2 aliphatic carbocycles. The third-order valence-corrected chi connectivity index (χ3v) is 4.43. The van der Waals surface area contributed by atoms with Crippen molar-refractivity contribution in [3.8, 4) is 0 Å². The molecule has 4 unspecified atom stereocenters. The molecule has 3 rings (SSSR count). The van der Waals surface area contributed by atoms with Crippen molar-refractivity contribution in [3.63, 3.8) is 0 Å². The molecule has 4 atom stereocenters. The van der Waals surface area contributed by atoms with E-state index in [1.807, 2.05) is 0 Å². The van der Waals surface area contributed by atoms with Crippen LogP contribution in [0, 0.1) is 11.8 Å². The minimum atomic E-state index is 0.796. The van der Waals surface area contributed by atoms with E-state index in [0.717, 1.165) is 23.9 Å². The van der Waals surface area contributed by atoms with Crippen LogP contribution in [-0.4, -0.2) is 37.1 Å². The number of fused-ring (bicyclic) bond motifs is 1. The zero-order chi connectivity index (χ0) is 9.54. The summed E-state index contributed by atoms with van der Waals surface area (Å²) in [7, 11) is 2.24. The molecular formula is C12H22N2. The van der Waals surface area contributed by atoms with E-state index < -0.39 is 0 Å². The fourth-order valence-corrected chi connectivity index (χ4v) is 3.49. The predicted octanol–water partition coefficient (Wildman–Crippen LogP) is 1.47. The SMILES string of the molecule is CN1CCC(NC2CCCC3CC32)C1. The Morgan fingerprint density at radius 1 is 1.21 bits per heavy atom. The highest BCUT2D eigenvalue weighted by molar-refractivity contribution is 4.99. The Hall–Kier alpha value is -0.0800. The van der Waals surface area contributed by atoms with E-state index >= 15 is 0 Å². The summed E-state index contributed by atoms with van der Waals surface area (Å²) in [5, 5.41) is 3.90. The maximum atomic E-state index is 3.90. The summed E-state index contributed by atoms with van der Waals surface area (Å²) in [6, 6.07) is 1.68. The van der Waals surface area contributed by atoms with Gasteiger partial charge in [0, 0.05) is 18.6 Å². The van der Waals surface area contributed by atoms with Crippen LogP contribution >= 0.6 is 0 Å². The van der Waals surface area contributed by atoms with Crippen molar-refractivity contribution in [1.29, 1.82) is 0 Å². The monoisotopic (exact) mass is 194 g/mol. The number of hydrogen-bond donors (Lipinski definition) is 1. The summed E-state index contributed by atoms with van der Waals surface area (Å²) in [4.78, 5) is 2.45. The molecule has 0 amide bonds. The molecule has 1 aliphatic heterocycles. The Bertz CT molecular complexity index is 216. The minimum Gasteiger partial charge on any atom is -0.310 e. The van der Waals surface area contributed by atoms with E-state index in [2.05, 4.69) is 17.3 Å². The van der Waals surface area contributed by atoms with Gasteiger partial charge in [-0.15, -0.1) is 0 Å². The lowest BCUT2D eigenvalue weighted by Gasteiger charge is -2.26. The van der Waals surface area contributed by atoms with Crippen LogP contribution in [-0.2, 0) is 0 Å². The molecule has 80 valence electrons. The van der Waals surface area contributed by atoms with Gasteiger partial charge in [0.1, 0.15) is 0 Å². The summed E-state index contributed by atoms with van der Waals surface area (Å²) < 4.78 is 0. The van der Waals surface area contributed by atoms with Gasteiger partial charge in [-0.2, -0.15) is 0 Å². The van der Waals surface area contributed by atoms with Gasteiger partial charge in [-0.25, -0.2) is 0 Å². The topological polar surface area (TPSA) is 15.3 Å². The van der Waals surface area contributed by atoms with Crippen LogP contribution in [0.15, 0.2) is 0 Å². The second kappa shape index (κ2) is 3.49. The van der Waals surface area contributed by atoms with Gasteiger partial charge in [0.05, 0.1) is 0 Å². The first-order valence-corrected chi connectivity index (χ1v) is 6.27. The van der Waals surface area contributed by atoms with Crippen molar-refractivity contribution in [3.05, 3.63) is 0 Å². The van der Waals surface area contributed by atoms with Crippen molar-refractivity contribution in [2.75, 3.05) is 20.1 Å². The smallest absolute Gasteiger partial charge is 0.0209 e. The molecule has 0 aromatic heterocycles. The summed E-state index contributed by atoms with van der Waals surface area (Å²) >= 11 is 0. The highest BCUT2D eigenvalue weighted by Crippen LogP contribution is 2.49.